The number of nitrogens with zero attached hydrogens (tertiary/aromatic N) is 3. The Morgan fingerprint density at radius 1 is 1.35 bits per heavy atom. The molecule has 0 aliphatic heterocycles. The third-order valence-electron chi connectivity index (χ3n) is 4.05. The molecule has 3 rings (SSSR count). The number of rotatable bonds is 4. The highest BCUT2D eigenvalue weighted by atomic mass is 16.5. The second-order valence-electron chi connectivity index (χ2n) is 5.57. The van der Waals surface area contributed by atoms with E-state index in [1.807, 2.05) is 0 Å². The van der Waals surface area contributed by atoms with E-state index in [2.05, 4.69) is 10.1 Å². The van der Waals surface area contributed by atoms with E-state index >= 15 is 0 Å². The van der Waals surface area contributed by atoms with Gasteiger partial charge in [-0.25, -0.2) is 0 Å². The SMILES string of the molecule is Cn1cc(-c2noc(CCC3CCCC3)n2)ccc1=O. The van der Waals surface area contributed by atoms with Crippen LogP contribution >= 0.6 is 0 Å². The maximum atomic E-state index is 11.4. The lowest BCUT2D eigenvalue weighted by molar-refractivity contribution is 0.362. The predicted octanol–water partition coefficient (Wildman–Crippen LogP) is 2.56. The van der Waals surface area contributed by atoms with Crippen LogP contribution in [-0.2, 0) is 13.5 Å². The van der Waals surface area contributed by atoms with Crippen LogP contribution in [0.3, 0.4) is 0 Å². The molecule has 0 aromatic carbocycles. The molecule has 0 N–H and O–H groups in total. The molecule has 1 aliphatic carbocycles. The molecule has 0 atom stereocenters. The molecular weight excluding hydrogens is 254 g/mol. The van der Waals surface area contributed by atoms with Gasteiger partial charge in [-0.3, -0.25) is 4.79 Å². The zero-order valence-electron chi connectivity index (χ0n) is 11.7. The molecule has 1 fully saturated rings. The second kappa shape index (κ2) is 5.61. The Kier molecular flexibility index (Phi) is 3.67. The second-order valence-corrected chi connectivity index (χ2v) is 5.57. The lowest BCUT2D eigenvalue weighted by Gasteiger charge is -2.04. The lowest BCUT2D eigenvalue weighted by atomic mass is 10.0. The molecular formula is C15H19N3O2. The monoisotopic (exact) mass is 273 g/mol. The molecule has 5 nitrogen and oxygen atoms in total. The average Bonchev–Trinajstić information content (AvgIpc) is 3.10. The molecule has 0 bridgehead atoms. The smallest absolute Gasteiger partial charge is 0.250 e. The Labute approximate surface area is 117 Å². The molecule has 0 spiro atoms. The van der Waals surface area contributed by atoms with Crippen molar-refractivity contribution in [3.05, 3.63) is 34.6 Å². The number of aromatic nitrogens is 3. The minimum Gasteiger partial charge on any atom is -0.339 e. The van der Waals surface area contributed by atoms with Gasteiger partial charge in [-0.1, -0.05) is 30.8 Å². The maximum absolute atomic E-state index is 11.4. The molecule has 2 aromatic heterocycles. The van der Waals surface area contributed by atoms with E-state index in [1.54, 1.807) is 19.3 Å². The molecule has 0 unspecified atom stereocenters. The summed E-state index contributed by atoms with van der Waals surface area (Å²) in [5, 5.41) is 4.00. The number of hydrogen-bond acceptors (Lipinski definition) is 4. The summed E-state index contributed by atoms with van der Waals surface area (Å²) in [6.07, 6.45) is 9.10. The summed E-state index contributed by atoms with van der Waals surface area (Å²) in [5.74, 6) is 2.07. The fourth-order valence-corrected chi connectivity index (χ4v) is 2.83. The van der Waals surface area contributed by atoms with Gasteiger partial charge < -0.3 is 9.09 Å². The molecule has 20 heavy (non-hydrogen) atoms. The van der Waals surface area contributed by atoms with Gasteiger partial charge in [-0.2, -0.15) is 4.98 Å². The fraction of sp³-hybridized carbons (Fsp3) is 0.533. The third-order valence-corrected chi connectivity index (χ3v) is 4.05. The first kappa shape index (κ1) is 13.1. The Morgan fingerprint density at radius 3 is 2.90 bits per heavy atom. The Morgan fingerprint density at radius 2 is 2.15 bits per heavy atom. The first-order chi connectivity index (χ1) is 9.72. The van der Waals surface area contributed by atoms with Crippen molar-refractivity contribution in [2.45, 2.75) is 38.5 Å². The van der Waals surface area contributed by atoms with Crippen molar-refractivity contribution in [3.8, 4) is 11.4 Å². The highest BCUT2D eigenvalue weighted by Gasteiger charge is 2.16. The molecule has 0 amide bonds. The summed E-state index contributed by atoms with van der Waals surface area (Å²) in [6, 6.07) is 3.25. The fourth-order valence-electron chi connectivity index (χ4n) is 2.83. The summed E-state index contributed by atoms with van der Waals surface area (Å²) in [6.45, 7) is 0. The van der Waals surface area contributed by atoms with Crippen LogP contribution in [0, 0.1) is 5.92 Å². The highest BCUT2D eigenvalue weighted by molar-refractivity contribution is 5.52. The molecule has 2 heterocycles. The van der Waals surface area contributed by atoms with Crippen molar-refractivity contribution in [2.24, 2.45) is 13.0 Å². The van der Waals surface area contributed by atoms with E-state index in [1.165, 1.54) is 36.3 Å². The zero-order chi connectivity index (χ0) is 13.9. The van der Waals surface area contributed by atoms with E-state index in [4.69, 9.17) is 4.52 Å². The van der Waals surface area contributed by atoms with Gasteiger partial charge in [0.05, 0.1) is 0 Å². The van der Waals surface area contributed by atoms with Gasteiger partial charge in [-0.05, 0) is 18.4 Å². The van der Waals surface area contributed by atoms with Crippen molar-refractivity contribution >= 4 is 0 Å². The Hall–Kier alpha value is -1.91. The average molecular weight is 273 g/mol. The van der Waals surface area contributed by atoms with Gasteiger partial charge in [0, 0.05) is 31.3 Å². The number of aryl methyl sites for hydroxylation is 2. The quantitative estimate of drug-likeness (QED) is 0.859. The summed E-state index contributed by atoms with van der Waals surface area (Å²) in [7, 11) is 1.72. The molecule has 0 saturated heterocycles. The molecule has 0 radical (unpaired) electrons. The van der Waals surface area contributed by atoms with Gasteiger partial charge in [0.2, 0.25) is 17.3 Å². The normalized spacial score (nSPS) is 15.8. The number of hydrogen-bond donors (Lipinski definition) is 0. The molecule has 106 valence electrons. The van der Waals surface area contributed by atoms with Crippen molar-refractivity contribution in [3.63, 3.8) is 0 Å². The van der Waals surface area contributed by atoms with Gasteiger partial charge in [0.1, 0.15) is 0 Å². The predicted molar refractivity (Wildman–Crippen MR) is 75.3 cm³/mol. The van der Waals surface area contributed by atoms with Crippen LogP contribution in [0.25, 0.3) is 11.4 Å². The molecule has 1 saturated carbocycles. The molecule has 5 heteroatoms. The first-order valence-electron chi connectivity index (χ1n) is 7.22. The van der Waals surface area contributed by atoms with Gasteiger partial charge >= 0.3 is 0 Å². The summed E-state index contributed by atoms with van der Waals surface area (Å²) >= 11 is 0. The van der Waals surface area contributed by atoms with Crippen molar-refractivity contribution in [1.82, 2.24) is 14.7 Å². The van der Waals surface area contributed by atoms with E-state index in [9.17, 15) is 4.79 Å². The number of pyridine rings is 1. The summed E-state index contributed by atoms with van der Waals surface area (Å²) in [5.41, 5.74) is 0.765. The largest absolute Gasteiger partial charge is 0.339 e. The van der Waals surface area contributed by atoms with Gasteiger partial charge in [0.15, 0.2) is 0 Å². The zero-order valence-corrected chi connectivity index (χ0v) is 11.7. The summed E-state index contributed by atoms with van der Waals surface area (Å²) in [4.78, 5) is 15.8. The molecule has 1 aliphatic rings. The van der Waals surface area contributed by atoms with Crippen LogP contribution in [-0.4, -0.2) is 14.7 Å². The van der Waals surface area contributed by atoms with E-state index in [-0.39, 0.29) is 5.56 Å². The van der Waals surface area contributed by atoms with Crippen LogP contribution in [0.4, 0.5) is 0 Å². The minimum atomic E-state index is -0.0429. The third kappa shape index (κ3) is 2.81. The highest BCUT2D eigenvalue weighted by Crippen LogP contribution is 2.28. The summed E-state index contributed by atoms with van der Waals surface area (Å²) < 4.78 is 6.82. The van der Waals surface area contributed by atoms with Crippen molar-refractivity contribution < 1.29 is 4.52 Å². The van der Waals surface area contributed by atoms with Gasteiger partial charge in [0.25, 0.3) is 0 Å². The van der Waals surface area contributed by atoms with Crippen molar-refractivity contribution in [2.75, 3.05) is 0 Å². The van der Waals surface area contributed by atoms with E-state index in [0.29, 0.717) is 11.7 Å². The van der Waals surface area contributed by atoms with E-state index in [0.717, 1.165) is 24.3 Å². The van der Waals surface area contributed by atoms with Gasteiger partial charge in [-0.15, -0.1) is 0 Å². The molecule has 2 aromatic rings. The minimum absolute atomic E-state index is 0.0429. The van der Waals surface area contributed by atoms with Crippen LogP contribution in [0.15, 0.2) is 27.6 Å². The van der Waals surface area contributed by atoms with E-state index < -0.39 is 0 Å². The van der Waals surface area contributed by atoms with Crippen LogP contribution in [0.2, 0.25) is 0 Å². The Bertz CT molecular complexity index is 639. The van der Waals surface area contributed by atoms with Crippen LogP contribution in [0.5, 0.6) is 0 Å². The van der Waals surface area contributed by atoms with Crippen LogP contribution in [0.1, 0.15) is 38.0 Å². The first-order valence-corrected chi connectivity index (χ1v) is 7.22. The maximum Gasteiger partial charge on any atom is 0.250 e. The van der Waals surface area contributed by atoms with Crippen molar-refractivity contribution in [1.29, 1.82) is 0 Å². The van der Waals surface area contributed by atoms with Crippen LogP contribution < -0.4 is 5.56 Å². The lowest BCUT2D eigenvalue weighted by Crippen LogP contribution is -2.14. The Balaban J connectivity index is 1.69. The topological polar surface area (TPSA) is 60.9 Å². The standard InChI is InChI=1S/C15H19N3O2/c1-18-10-12(7-9-14(18)19)15-16-13(20-17-15)8-6-11-4-2-3-5-11/h7,9-11H,2-6,8H2,1H3.